The predicted octanol–water partition coefficient (Wildman–Crippen LogP) is 1.39. The van der Waals surface area contributed by atoms with Crippen molar-refractivity contribution in [3.05, 3.63) is 64.7 Å². The highest BCUT2D eigenvalue weighted by Crippen LogP contribution is 2.19. The van der Waals surface area contributed by atoms with Crippen LogP contribution < -0.4 is 21.5 Å². The molecule has 4 N–H and O–H groups in total. The molecule has 0 saturated carbocycles. The van der Waals surface area contributed by atoms with Gasteiger partial charge in [0, 0.05) is 12.1 Å². The van der Waals surface area contributed by atoms with Crippen LogP contribution in [0.2, 0.25) is 0 Å². The van der Waals surface area contributed by atoms with Gasteiger partial charge in [-0.2, -0.15) is 0 Å². The Kier molecular flexibility index (Phi) is 4.78. The van der Waals surface area contributed by atoms with Crippen LogP contribution >= 0.6 is 0 Å². The number of anilines is 2. The Bertz CT molecular complexity index is 1190. The lowest BCUT2D eigenvalue weighted by Gasteiger charge is -2.14. The van der Waals surface area contributed by atoms with Crippen molar-refractivity contribution in [3.63, 3.8) is 0 Å². The van der Waals surface area contributed by atoms with E-state index < -0.39 is 6.04 Å². The van der Waals surface area contributed by atoms with E-state index in [-0.39, 0.29) is 36.1 Å². The summed E-state index contributed by atoms with van der Waals surface area (Å²) < 4.78 is 0. The molecule has 0 saturated heterocycles. The molecule has 4 rings (SSSR count). The van der Waals surface area contributed by atoms with E-state index >= 15 is 0 Å². The zero-order chi connectivity index (χ0) is 20.4. The van der Waals surface area contributed by atoms with Crippen LogP contribution in [-0.2, 0) is 9.59 Å². The second-order valence-corrected chi connectivity index (χ2v) is 6.61. The Balaban J connectivity index is 1.41. The molecule has 3 amide bonds. The zero-order valence-corrected chi connectivity index (χ0v) is 15.2. The first-order chi connectivity index (χ1) is 14.0. The third-order valence-electron chi connectivity index (χ3n) is 4.64. The number of nitrogens with one attached hydrogen (secondary N) is 4. The highest BCUT2D eigenvalue weighted by Gasteiger charge is 2.27. The quantitative estimate of drug-likeness (QED) is 0.533. The van der Waals surface area contributed by atoms with Gasteiger partial charge in [0.15, 0.2) is 0 Å². The van der Waals surface area contributed by atoms with Gasteiger partial charge in [0.05, 0.1) is 28.5 Å². The monoisotopic (exact) mass is 391 g/mol. The molecule has 146 valence electrons. The summed E-state index contributed by atoms with van der Waals surface area (Å²) in [5, 5.41) is 8.41. The summed E-state index contributed by atoms with van der Waals surface area (Å²) in [5.74, 6) is -1.08. The number of aromatic amines is 1. The predicted molar refractivity (Wildman–Crippen MR) is 107 cm³/mol. The third-order valence-corrected chi connectivity index (χ3v) is 4.64. The summed E-state index contributed by atoms with van der Waals surface area (Å²) in [4.78, 5) is 55.4. The summed E-state index contributed by atoms with van der Waals surface area (Å²) in [6, 6.07) is 10.7. The molecule has 9 heteroatoms. The van der Waals surface area contributed by atoms with Crippen LogP contribution in [0.5, 0.6) is 0 Å². The number of hydrogen-bond donors (Lipinski definition) is 4. The molecule has 1 aliphatic rings. The first-order valence-corrected chi connectivity index (χ1v) is 8.99. The normalized spacial score (nSPS) is 15.8. The Morgan fingerprint density at radius 2 is 1.93 bits per heavy atom. The summed E-state index contributed by atoms with van der Waals surface area (Å²) in [5.41, 5.74) is 1.48. The second-order valence-electron chi connectivity index (χ2n) is 6.61. The molecule has 1 aliphatic heterocycles. The second kappa shape index (κ2) is 7.55. The van der Waals surface area contributed by atoms with Crippen molar-refractivity contribution in [1.29, 1.82) is 0 Å². The summed E-state index contributed by atoms with van der Waals surface area (Å²) >= 11 is 0. The molecule has 0 radical (unpaired) electrons. The molecule has 9 nitrogen and oxygen atoms in total. The van der Waals surface area contributed by atoms with E-state index in [1.165, 1.54) is 12.4 Å². The summed E-state index contributed by atoms with van der Waals surface area (Å²) in [6.45, 7) is 0. The molecule has 29 heavy (non-hydrogen) atoms. The molecule has 0 aliphatic carbocycles. The van der Waals surface area contributed by atoms with Gasteiger partial charge in [-0.15, -0.1) is 0 Å². The molecule has 2 aromatic carbocycles. The standard InChI is InChI=1S/C20H17N5O4/c26-17(23-11-5-6-14-13(9-11)18(27)22-10-21-14)8-7-16-20(29)24-15-4-2-1-3-12(15)19(28)25-16/h1-6,9-10,16H,7-8H2,(H,23,26)(H,24,29)(H,25,28)(H,21,22,27)/t16-/m0/s1. The molecular formula is C20H17N5O4. The lowest BCUT2D eigenvalue weighted by molar-refractivity contribution is -0.118. The maximum absolute atomic E-state index is 12.4. The number of nitrogens with zero attached hydrogens (tertiary/aromatic N) is 1. The minimum Gasteiger partial charge on any atom is -0.340 e. The number of benzene rings is 2. The van der Waals surface area contributed by atoms with Gasteiger partial charge in [-0.05, 0) is 36.8 Å². The van der Waals surface area contributed by atoms with Crippen molar-refractivity contribution in [2.24, 2.45) is 0 Å². The van der Waals surface area contributed by atoms with Crippen LogP contribution in [0.25, 0.3) is 10.9 Å². The lowest BCUT2D eigenvalue weighted by Crippen LogP contribution is -2.41. The molecule has 2 heterocycles. The van der Waals surface area contributed by atoms with Crippen LogP contribution in [0.3, 0.4) is 0 Å². The van der Waals surface area contributed by atoms with Crippen molar-refractivity contribution in [1.82, 2.24) is 15.3 Å². The zero-order valence-electron chi connectivity index (χ0n) is 15.2. The lowest BCUT2D eigenvalue weighted by atomic mass is 10.1. The number of carbonyl (C=O) groups excluding carboxylic acids is 3. The van der Waals surface area contributed by atoms with Crippen molar-refractivity contribution in [2.45, 2.75) is 18.9 Å². The Morgan fingerprint density at radius 3 is 2.79 bits per heavy atom. The fourth-order valence-corrected chi connectivity index (χ4v) is 3.16. The van der Waals surface area contributed by atoms with Crippen molar-refractivity contribution < 1.29 is 14.4 Å². The van der Waals surface area contributed by atoms with E-state index in [1.807, 2.05) is 0 Å². The molecule has 0 unspecified atom stereocenters. The van der Waals surface area contributed by atoms with E-state index in [0.29, 0.717) is 27.8 Å². The van der Waals surface area contributed by atoms with Crippen LogP contribution in [0, 0.1) is 0 Å². The van der Waals surface area contributed by atoms with Gasteiger partial charge >= 0.3 is 0 Å². The van der Waals surface area contributed by atoms with Gasteiger partial charge in [0.1, 0.15) is 6.04 Å². The first kappa shape index (κ1) is 18.4. The SMILES string of the molecule is O=C(CC[C@@H]1NC(=O)c2ccccc2NC1=O)Nc1ccc2nc[nH]c(=O)c2c1. The Morgan fingerprint density at radius 1 is 1.10 bits per heavy atom. The molecule has 1 atom stereocenters. The number of H-pyrrole nitrogens is 1. The third kappa shape index (κ3) is 3.84. The molecule has 0 fully saturated rings. The number of carbonyl (C=O) groups is 3. The number of hydrogen-bond acceptors (Lipinski definition) is 5. The summed E-state index contributed by atoms with van der Waals surface area (Å²) in [6.07, 6.45) is 1.45. The van der Waals surface area contributed by atoms with Gasteiger partial charge in [0.2, 0.25) is 11.8 Å². The number of para-hydroxylation sites is 1. The highest BCUT2D eigenvalue weighted by molar-refractivity contribution is 6.10. The van der Waals surface area contributed by atoms with Crippen LogP contribution in [0.1, 0.15) is 23.2 Å². The van der Waals surface area contributed by atoms with E-state index in [9.17, 15) is 19.2 Å². The van der Waals surface area contributed by atoms with Crippen molar-refractivity contribution >= 4 is 40.0 Å². The Labute approximate surface area is 164 Å². The van der Waals surface area contributed by atoms with Crippen LogP contribution in [0.4, 0.5) is 11.4 Å². The maximum atomic E-state index is 12.4. The average Bonchev–Trinajstić information content (AvgIpc) is 2.83. The van der Waals surface area contributed by atoms with Gasteiger partial charge in [0.25, 0.3) is 11.5 Å². The number of aromatic nitrogens is 2. The maximum Gasteiger partial charge on any atom is 0.258 e. The minimum absolute atomic E-state index is 0.0101. The van der Waals surface area contributed by atoms with Gasteiger partial charge in [-0.25, -0.2) is 4.98 Å². The van der Waals surface area contributed by atoms with E-state index in [4.69, 9.17) is 0 Å². The molecule has 0 bridgehead atoms. The van der Waals surface area contributed by atoms with E-state index in [2.05, 4.69) is 25.9 Å². The topological polar surface area (TPSA) is 133 Å². The highest BCUT2D eigenvalue weighted by atomic mass is 16.2. The number of amides is 3. The van der Waals surface area contributed by atoms with Crippen LogP contribution in [-0.4, -0.2) is 33.7 Å². The van der Waals surface area contributed by atoms with Crippen molar-refractivity contribution in [3.8, 4) is 0 Å². The van der Waals surface area contributed by atoms with Gasteiger partial charge < -0.3 is 20.9 Å². The number of fused-ring (bicyclic) bond motifs is 2. The van der Waals surface area contributed by atoms with E-state index in [1.54, 1.807) is 36.4 Å². The number of rotatable bonds is 4. The first-order valence-electron chi connectivity index (χ1n) is 8.99. The van der Waals surface area contributed by atoms with Crippen LogP contribution in [0.15, 0.2) is 53.6 Å². The smallest absolute Gasteiger partial charge is 0.258 e. The van der Waals surface area contributed by atoms with Gasteiger partial charge in [-0.3, -0.25) is 19.2 Å². The fourth-order valence-electron chi connectivity index (χ4n) is 3.16. The van der Waals surface area contributed by atoms with Gasteiger partial charge in [-0.1, -0.05) is 12.1 Å². The summed E-state index contributed by atoms with van der Waals surface area (Å²) in [7, 11) is 0. The molecule has 0 spiro atoms. The largest absolute Gasteiger partial charge is 0.340 e. The average molecular weight is 391 g/mol. The molecular weight excluding hydrogens is 374 g/mol. The van der Waals surface area contributed by atoms with Crippen molar-refractivity contribution in [2.75, 3.05) is 10.6 Å². The minimum atomic E-state index is -0.829. The fraction of sp³-hybridized carbons (Fsp3) is 0.150. The van der Waals surface area contributed by atoms with E-state index in [0.717, 1.165) is 0 Å². The molecule has 3 aromatic rings. The Hall–Kier alpha value is -4.01. The molecule has 1 aromatic heterocycles.